The van der Waals surface area contributed by atoms with Crippen molar-refractivity contribution in [2.24, 2.45) is 0 Å². The number of hydrogen-bond acceptors (Lipinski definition) is 4. The highest BCUT2D eigenvalue weighted by atomic mass is 16.3. The molecule has 0 spiro atoms. The Morgan fingerprint density at radius 1 is 0.382 bits per heavy atom. The molecule has 2 heterocycles. The molecule has 0 N–H and O–H groups in total. The van der Waals surface area contributed by atoms with Gasteiger partial charge in [-0.3, -0.25) is 0 Å². The molecular weight excluding hydrogens is 673 g/mol. The summed E-state index contributed by atoms with van der Waals surface area (Å²) in [4.78, 5) is 7.14. The van der Waals surface area contributed by atoms with E-state index in [2.05, 4.69) is 144 Å². The van der Waals surface area contributed by atoms with Crippen molar-refractivity contribution in [3.05, 3.63) is 194 Å². The molecule has 0 saturated heterocycles. The van der Waals surface area contributed by atoms with Crippen LogP contribution in [0.2, 0.25) is 0 Å². The Balaban J connectivity index is 0.947. The van der Waals surface area contributed by atoms with Crippen LogP contribution in [-0.2, 0) is 0 Å². The molecule has 4 nitrogen and oxygen atoms in total. The predicted octanol–water partition coefficient (Wildman–Crippen LogP) is 14.5. The average molecular weight is 705 g/mol. The minimum Gasteiger partial charge on any atom is -0.456 e. The molecule has 0 fully saturated rings. The highest BCUT2D eigenvalue weighted by Gasteiger charge is 2.17. The number of hydrogen-bond donors (Lipinski definition) is 0. The molecule has 9 aromatic carbocycles. The van der Waals surface area contributed by atoms with E-state index in [1.165, 1.54) is 0 Å². The molecule has 11 rings (SSSR count). The van der Waals surface area contributed by atoms with Crippen LogP contribution in [0.25, 0.3) is 88.3 Å². The van der Waals surface area contributed by atoms with E-state index < -0.39 is 0 Å². The summed E-state index contributed by atoms with van der Waals surface area (Å²) in [5.41, 5.74) is 12.3. The number of benzene rings is 9. The van der Waals surface area contributed by atoms with Crippen LogP contribution in [0.4, 0.5) is 17.1 Å². The highest BCUT2D eigenvalue weighted by molar-refractivity contribution is 6.18. The summed E-state index contributed by atoms with van der Waals surface area (Å²) in [7, 11) is 0. The summed E-state index contributed by atoms with van der Waals surface area (Å²) in [6.07, 6.45) is 0. The van der Waals surface area contributed by atoms with Gasteiger partial charge in [0.15, 0.2) is 5.58 Å². The fourth-order valence-electron chi connectivity index (χ4n) is 8.05. The van der Waals surface area contributed by atoms with Crippen molar-refractivity contribution in [3.8, 4) is 33.7 Å². The summed E-state index contributed by atoms with van der Waals surface area (Å²) >= 11 is 0. The first-order valence-corrected chi connectivity index (χ1v) is 18.5. The smallest absolute Gasteiger partial charge is 0.227 e. The fourth-order valence-corrected chi connectivity index (χ4v) is 8.05. The second-order valence-corrected chi connectivity index (χ2v) is 13.9. The quantitative estimate of drug-likeness (QED) is 0.162. The first kappa shape index (κ1) is 31.1. The van der Waals surface area contributed by atoms with Crippen LogP contribution in [0.3, 0.4) is 0 Å². The van der Waals surface area contributed by atoms with Gasteiger partial charge in [0.25, 0.3) is 0 Å². The lowest BCUT2D eigenvalue weighted by Gasteiger charge is -2.26. The summed E-state index contributed by atoms with van der Waals surface area (Å²) in [6.45, 7) is 0. The zero-order valence-electron chi connectivity index (χ0n) is 29.7. The largest absolute Gasteiger partial charge is 0.456 e. The molecule has 55 heavy (non-hydrogen) atoms. The van der Waals surface area contributed by atoms with E-state index in [0.717, 1.165) is 99.5 Å². The molecule has 0 radical (unpaired) electrons. The summed E-state index contributed by atoms with van der Waals surface area (Å²) in [5.74, 6) is 0.637. The molecule has 0 amide bonds. The van der Waals surface area contributed by atoms with Crippen molar-refractivity contribution >= 4 is 71.6 Å². The van der Waals surface area contributed by atoms with Crippen molar-refractivity contribution in [1.82, 2.24) is 4.98 Å². The molecule has 2 aromatic heterocycles. The Hall–Kier alpha value is -7.43. The van der Waals surface area contributed by atoms with E-state index in [4.69, 9.17) is 13.8 Å². The van der Waals surface area contributed by atoms with Gasteiger partial charge in [-0.25, -0.2) is 4.98 Å². The van der Waals surface area contributed by atoms with Gasteiger partial charge in [-0.1, -0.05) is 121 Å². The molecule has 4 heteroatoms. The Morgan fingerprint density at radius 3 is 1.82 bits per heavy atom. The Morgan fingerprint density at radius 2 is 1.02 bits per heavy atom. The number of fused-ring (bicyclic) bond motifs is 8. The number of oxazole rings is 1. The molecule has 0 bridgehead atoms. The number of nitrogens with zero attached hydrogens (tertiary/aromatic N) is 2. The van der Waals surface area contributed by atoms with Crippen LogP contribution in [0, 0.1) is 0 Å². The summed E-state index contributed by atoms with van der Waals surface area (Å²) in [6, 6.07) is 68.1. The first-order valence-electron chi connectivity index (χ1n) is 18.5. The maximum absolute atomic E-state index is 6.44. The molecule has 0 aliphatic rings. The molecule has 258 valence electrons. The lowest BCUT2D eigenvalue weighted by Crippen LogP contribution is -2.09. The lowest BCUT2D eigenvalue weighted by molar-refractivity contribution is 0.623. The predicted molar refractivity (Wildman–Crippen MR) is 227 cm³/mol. The van der Waals surface area contributed by atoms with E-state index in [1.807, 2.05) is 54.6 Å². The number of para-hydroxylation sites is 2. The standard InChI is InChI=1S/C51H32N2O2/c1-3-10-36(11-4-1)51-52-45-31-25-35-18-19-38-32-37(24-30-43(38)48(35)50(45)55-51)33-20-26-40(27-21-33)53(39-12-5-2-6-13-39)41-28-22-34(23-29-41)42-15-9-17-47-49(42)44-14-7-8-16-46(44)54-47/h1-32H. The minimum atomic E-state index is 0.637. The van der Waals surface area contributed by atoms with Gasteiger partial charge < -0.3 is 13.7 Å². The Bertz CT molecular complexity index is 3180. The third-order valence-corrected chi connectivity index (χ3v) is 10.7. The van der Waals surface area contributed by atoms with Crippen LogP contribution in [-0.4, -0.2) is 4.98 Å². The number of furan rings is 1. The van der Waals surface area contributed by atoms with Crippen molar-refractivity contribution in [1.29, 1.82) is 0 Å². The zero-order chi connectivity index (χ0) is 36.3. The molecule has 0 saturated carbocycles. The van der Waals surface area contributed by atoms with Crippen molar-refractivity contribution in [2.45, 2.75) is 0 Å². The zero-order valence-corrected chi connectivity index (χ0v) is 29.7. The number of rotatable bonds is 6. The molecule has 0 unspecified atom stereocenters. The third kappa shape index (κ3) is 5.26. The monoisotopic (exact) mass is 704 g/mol. The van der Waals surface area contributed by atoms with Gasteiger partial charge in [-0.2, -0.15) is 0 Å². The maximum atomic E-state index is 6.44. The van der Waals surface area contributed by atoms with Gasteiger partial charge in [0, 0.05) is 38.8 Å². The van der Waals surface area contributed by atoms with E-state index in [1.54, 1.807) is 0 Å². The topological polar surface area (TPSA) is 42.4 Å². The molecule has 0 atom stereocenters. The fraction of sp³-hybridized carbons (Fsp3) is 0. The number of anilines is 3. The lowest BCUT2D eigenvalue weighted by atomic mass is 9.96. The second kappa shape index (κ2) is 12.6. The maximum Gasteiger partial charge on any atom is 0.227 e. The van der Waals surface area contributed by atoms with Crippen molar-refractivity contribution in [2.75, 3.05) is 4.90 Å². The molecule has 0 aliphatic heterocycles. The molecule has 0 aliphatic carbocycles. The van der Waals surface area contributed by atoms with E-state index in [0.29, 0.717) is 5.89 Å². The van der Waals surface area contributed by atoms with Gasteiger partial charge >= 0.3 is 0 Å². The van der Waals surface area contributed by atoms with Gasteiger partial charge in [0.2, 0.25) is 5.89 Å². The van der Waals surface area contributed by atoms with Gasteiger partial charge in [0.1, 0.15) is 16.7 Å². The minimum absolute atomic E-state index is 0.637. The van der Waals surface area contributed by atoms with E-state index >= 15 is 0 Å². The van der Waals surface area contributed by atoms with Crippen LogP contribution >= 0.6 is 0 Å². The van der Waals surface area contributed by atoms with Crippen molar-refractivity contribution in [3.63, 3.8) is 0 Å². The van der Waals surface area contributed by atoms with Crippen LogP contribution in [0.1, 0.15) is 0 Å². The average Bonchev–Trinajstić information content (AvgIpc) is 3.87. The van der Waals surface area contributed by atoms with Crippen LogP contribution < -0.4 is 4.90 Å². The molecule has 11 aromatic rings. The van der Waals surface area contributed by atoms with Crippen molar-refractivity contribution < 1.29 is 8.83 Å². The van der Waals surface area contributed by atoms with E-state index in [9.17, 15) is 0 Å². The third-order valence-electron chi connectivity index (χ3n) is 10.7. The van der Waals surface area contributed by atoms with Gasteiger partial charge in [-0.15, -0.1) is 0 Å². The summed E-state index contributed by atoms with van der Waals surface area (Å²) in [5, 5.41) is 6.80. The SMILES string of the molecule is c1ccc(-c2nc3ccc4ccc5cc(-c6ccc(N(c7ccccc7)c7ccc(-c8cccc9oc%10ccccc%10c89)cc7)cc6)ccc5c4c3o2)cc1. The number of aromatic nitrogens is 1. The van der Waals surface area contributed by atoms with Crippen LogP contribution in [0.15, 0.2) is 203 Å². The first-order chi connectivity index (χ1) is 27.2. The molecular formula is C51H32N2O2. The Labute approximate surface area is 317 Å². The van der Waals surface area contributed by atoms with Gasteiger partial charge in [-0.05, 0) is 111 Å². The Kier molecular flexibility index (Phi) is 7.14. The van der Waals surface area contributed by atoms with Crippen LogP contribution in [0.5, 0.6) is 0 Å². The van der Waals surface area contributed by atoms with E-state index in [-0.39, 0.29) is 0 Å². The highest BCUT2D eigenvalue weighted by Crippen LogP contribution is 2.41. The second-order valence-electron chi connectivity index (χ2n) is 13.9. The normalized spacial score (nSPS) is 11.6. The summed E-state index contributed by atoms with van der Waals surface area (Å²) < 4.78 is 12.6. The van der Waals surface area contributed by atoms with Gasteiger partial charge in [0.05, 0.1) is 0 Å².